The second-order valence-electron chi connectivity index (χ2n) is 3.96. The normalized spacial score (nSPS) is 16.2. The van der Waals surface area contributed by atoms with Crippen LogP contribution in [0.3, 0.4) is 0 Å². The number of anilines is 1. The summed E-state index contributed by atoms with van der Waals surface area (Å²) >= 11 is 0. The van der Waals surface area contributed by atoms with E-state index in [-0.39, 0.29) is 6.61 Å². The molecule has 0 saturated carbocycles. The molecule has 0 bridgehead atoms. The van der Waals surface area contributed by atoms with Crippen LogP contribution in [-0.2, 0) is 11.3 Å². The van der Waals surface area contributed by atoms with Crippen LogP contribution in [0.2, 0.25) is 0 Å². The SMILES string of the molecule is FCCOCc1cccnc1N1CCNCC1. The number of pyridine rings is 1. The fourth-order valence-corrected chi connectivity index (χ4v) is 1.94. The fourth-order valence-electron chi connectivity index (χ4n) is 1.94. The van der Waals surface area contributed by atoms with Crippen LogP contribution in [0.25, 0.3) is 0 Å². The molecule has 1 aliphatic rings. The van der Waals surface area contributed by atoms with E-state index in [1.807, 2.05) is 12.1 Å². The topological polar surface area (TPSA) is 37.4 Å². The molecule has 94 valence electrons. The Morgan fingerprint density at radius 2 is 2.24 bits per heavy atom. The van der Waals surface area contributed by atoms with Crippen molar-refractivity contribution in [2.45, 2.75) is 6.61 Å². The van der Waals surface area contributed by atoms with Gasteiger partial charge in [-0.1, -0.05) is 6.07 Å². The lowest BCUT2D eigenvalue weighted by Gasteiger charge is -2.29. The van der Waals surface area contributed by atoms with Gasteiger partial charge in [0, 0.05) is 37.9 Å². The zero-order chi connectivity index (χ0) is 11.9. The molecule has 0 spiro atoms. The van der Waals surface area contributed by atoms with Crippen molar-refractivity contribution in [2.75, 3.05) is 44.4 Å². The third-order valence-corrected chi connectivity index (χ3v) is 2.76. The van der Waals surface area contributed by atoms with Crippen LogP contribution in [0.4, 0.5) is 10.2 Å². The molecule has 1 aliphatic heterocycles. The quantitative estimate of drug-likeness (QED) is 0.777. The van der Waals surface area contributed by atoms with Crippen molar-refractivity contribution in [1.29, 1.82) is 0 Å². The first-order chi connectivity index (χ1) is 8.42. The van der Waals surface area contributed by atoms with Gasteiger partial charge < -0.3 is 15.0 Å². The zero-order valence-corrected chi connectivity index (χ0v) is 9.86. The maximum Gasteiger partial charge on any atom is 0.134 e. The van der Waals surface area contributed by atoms with E-state index in [2.05, 4.69) is 15.2 Å². The molecule has 1 fully saturated rings. The lowest BCUT2D eigenvalue weighted by Crippen LogP contribution is -2.44. The standard InChI is InChI=1S/C12H18FN3O/c13-3-9-17-10-11-2-1-4-15-12(11)16-7-5-14-6-8-16/h1-2,4,14H,3,5-10H2. The highest BCUT2D eigenvalue weighted by Gasteiger charge is 2.14. The minimum absolute atomic E-state index is 0.149. The molecule has 4 nitrogen and oxygen atoms in total. The monoisotopic (exact) mass is 239 g/mol. The number of piperazine rings is 1. The van der Waals surface area contributed by atoms with E-state index in [1.54, 1.807) is 6.20 Å². The van der Waals surface area contributed by atoms with E-state index < -0.39 is 6.67 Å². The molecule has 1 saturated heterocycles. The van der Waals surface area contributed by atoms with Gasteiger partial charge in [-0.15, -0.1) is 0 Å². The zero-order valence-electron chi connectivity index (χ0n) is 9.86. The van der Waals surface area contributed by atoms with Crippen LogP contribution >= 0.6 is 0 Å². The highest BCUT2D eigenvalue weighted by atomic mass is 19.1. The Bertz CT molecular complexity index is 342. The van der Waals surface area contributed by atoms with Gasteiger partial charge in [0.15, 0.2) is 0 Å². The van der Waals surface area contributed by atoms with Gasteiger partial charge in [0.1, 0.15) is 12.5 Å². The summed E-state index contributed by atoms with van der Waals surface area (Å²) in [6.45, 7) is 3.99. The largest absolute Gasteiger partial charge is 0.374 e. The lowest BCUT2D eigenvalue weighted by atomic mass is 10.2. The third kappa shape index (κ3) is 3.38. The number of aromatic nitrogens is 1. The average molecular weight is 239 g/mol. The number of ether oxygens (including phenoxy) is 1. The predicted molar refractivity (Wildman–Crippen MR) is 65.0 cm³/mol. The molecule has 0 amide bonds. The van der Waals surface area contributed by atoms with Crippen LogP contribution in [0.1, 0.15) is 5.56 Å². The summed E-state index contributed by atoms with van der Waals surface area (Å²) in [5.41, 5.74) is 1.03. The second kappa shape index (κ2) is 6.51. The molecule has 0 aliphatic carbocycles. The molecule has 0 aromatic carbocycles. The maximum atomic E-state index is 12.0. The number of hydrogen-bond acceptors (Lipinski definition) is 4. The van der Waals surface area contributed by atoms with E-state index in [0.29, 0.717) is 6.61 Å². The van der Waals surface area contributed by atoms with Crippen LogP contribution in [0.15, 0.2) is 18.3 Å². The van der Waals surface area contributed by atoms with Gasteiger partial charge in [-0.2, -0.15) is 0 Å². The summed E-state index contributed by atoms with van der Waals surface area (Å²) in [6, 6.07) is 3.88. The summed E-state index contributed by atoms with van der Waals surface area (Å²) in [5, 5.41) is 3.31. The van der Waals surface area contributed by atoms with Crippen LogP contribution in [0, 0.1) is 0 Å². The van der Waals surface area contributed by atoms with Gasteiger partial charge in [-0.05, 0) is 6.07 Å². The summed E-state index contributed by atoms with van der Waals surface area (Å²) < 4.78 is 17.2. The summed E-state index contributed by atoms with van der Waals surface area (Å²) in [4.78, 5) is 6.65. The van der Waals surface area contributed by atoms with Crippen molar-refractivity contribution in [1.82, 2.24) is 10.3 Å². The van der Waals surface area contributed by atoms with E-state index in [0.717, 1.165) is 37.6 Å². The number of rotatable bonds is 5. The highest BCUT2D eigenvalue weighted by Crippen LogP contribution is 2.18. The van der Waals surface area contributed by atoms with Crippen molar-refractivity contribution >= 4 is 5.82 Å². The minimum Gasteiger partial charge on any atom is -0.374 e. The molecule has 1 aromatic rings. The van der Waals surface area contributed by atoms with Crippen LogP contribution in [-0.4, -0.2) is 44.4 Å². The Morgan fingerprint density at radius 3 is 3.00 bits per heavy atom. The first kappa shape index (κ1) is 12.3. The van der Waals surface area contributed by atoms with E-state index in [9.17, 15) is 4.39 Å². The molecule has 17 heavy (non-hydrogen) atoms. The molecule has 1 aromatic heterocycles. The first-order valence-electron chi connectivity index (χ1n) is 5.95. The van der Waals surface area contributed by atoms with Gasteiger partial charge in [-0.25, -0.2) is 9.37 Å². The molecule has 0 unspecified atom stereocenters. The van der Waals surface area contributed by atoms with Crippen molar-refractivity contribution in [3.8, 4) is 0 Å². The van der Waals surface area contributed by atoms with Gasteiger partial charge >= 0.3 is 0 Å². The van der Waals surface area contributed by atoms with Gasteiger partial charge in [0.05, 0.1) is 13.2 Å². The Kier molecular flexibility index (Phi) is 4.70. The number of hydrogen-bond donors (Lipinski definition) is 1. The van der Waals surface area contributed by atoms with E-state index >= 15 is 0 Å². The summed E-state index contributed by atoms with van der Waals surface area (Å²) in [7, 11) is 0. The smallest absolute Gasteiger partial charge is 0.134 e. The van der Waals surface area contributed by atoms with Crippen LogP contribution in [0.5, 0.6) is 0 Å². The van der Waals surface area contributed by atoms with Crippen molar-refractivity contribution in [2.24, 2.45) is 0 Å². The predicted octanol–water partition coefficient (Wildman–Crippen LogP) is 0.977. The summed E-state index contributed by atoms with van der Waals surface area (Å²) in [6.07, 6.45) is 1.79. The van der Waals surface area contributed by atoms with Crippen molar-refractivity contribution < 1.29 is 9.13 Å². The molecule has 0 atom stereocenters. The molecule has 2 rings (SSSR count). The average Bonchev–Trinajstić information content (AvgIpc) is 2.41. The Hall–Kier alpha value is -1.20. The minimum atomic E-state index is -0.441. The number of halogens is 1. The molecule has 1 N–H and O–H groups in total. The van der Waals surface area contributed by atoms with Gasteiger partial charge in [-0.3, -0.25) is 0 Å². The molecule has 2 heterocycles. The fraction of sp³-hybridized carbons (Fsp3) is 0.583. The Labute approximate surface area is 101 Å². The number of alkyl halides is 1. The molecular formula is C12H18FN3O. The van der Waals surface area contributed by atoms with Crippen molar-refractivity contribution in [3.05, 3.63) is 23.9 Å². The molecule has 0 radical (unpaired) electrons. The maximum absolute atomic E-state index is 12.0. The second-order valence-corrected chi connectivity index (χ2v) is 3.96. The molecule has 5 heteroatoms. The van der Waals surface area contributed by atoms with Gasteiger partial charge in [0.2, 0.25) is 0 Å². The first-order valence-corrected chi connectivity index (χ1v) is 5.95. The Morgan fingerprint density at radius 1 is 1.41 bits per heavy atom. The van der Waals surface area contributed by atoms with Crippen molar-refractivity contribution in [3.63, 3.8) is 0 Å². The lowest BCUT2D eigenvalue weighted by molar-refractivity contribution is 0.106. The van der Waals surface area contributed by atoms with E-state index in [1.165, 1.54) is 0 Å². The summed E-state index contributed by atoms with van der Waals surface area (Å²) in [5.74, 6) is 0.966. The Balaban J connectivity index is 2.03. The molecular weight excluding hydrogens is 221 g/mol. The highest BCUT2D eigenvalue weighted by molar-refractivity contribution is 5.46. The third-order valence-electron chi connectivity index (χ3n) is 2.76. The number of nitrogens with one attached hydrogen (secondary N) is 1. The van der Waals surface area contributed by atoms with Crippen LogP contribution < -0.4 is 10.2 Å². The van der Waals surface area contributed by atoms with Gasteiger partial charge in [0.25, 0.3) is 0 Å². The number of nitrogens with zero attached hydrogens (tertiary/aromatic N) is 2. The van der Waals surface area contributed by atoms with E-state index in [4.69, 9.17) is 4.74 Å².